The number of nitrogens with zero attached hydrogens (tertiary/aromatic N) is 2. The van der Waals surface area contributed by atoms with Crippen molar-refractivity contribution in [1.82, 2.24) is 9.80 Å². The zero-order valence-corrected chi connectivity index (χ0v) is 16.1. The molecule has 5 aliphatic heterocycles. The third kappa shape index (κ3) is 1.67. The van der Waals surface area contributed by atoms with Crippen molar-refractivity contribution in [3.05, 3.63) is 24.3 Å². The molecule has 2 aliphatic carbocycles. The molecule has 5 saturated heterocycles. The summed E-state index contributed by atoms with van der Waals surface area (Å²) in [6, 6.07) is -1.55. The molecule has 0 aromatic rings. The Morgan fingerprint density at radius 1 is 0.786 bits per heavy atom. The quantitative estimate of drug-likeness (QED) is 0.491. The molecule has 0 unspecified atom stereocenters. The topological polar surface area (TPSA) is 115 Å². The largest absolute Gasteiger partial charge is 0.387 e. The van der Waals surface area contributed by atoms with Crippen LogP contribution in [0, 0.1) is 11.8 Å². The van der Waals surface area contributed by atoms with Crippen LogP contribution in [-0.2, 0) is 19.2 Å². The number of hydrogen-bond acceptors (Lipinski definition) is 8. The standard InChI is InChI=1S/C18H16N2O6S2/c21-9-1-3-11(23)13-7(9)5-17-15(25)20-14-8(10(22)2-4-12(14)24)6-18(20,28-27-17)16(26)19(13)17/h1-4,7-8,11-14,23-24H,5-6H2/t7-,8+,11-,12+,13-,14-,17-,18-/m1/s1. The van der Waals surface area contributed by atoms with Gasteiger partial charge in [0.15, 0.2) is 21.3 Å². The van der Waals surface area contributed by atoms with E-state index in [9.17, 15) is 29.4 Å². The summed E-state index contributed by atoms with van der Waals surface area (Å²) in [6.45, 7) is 0. The number of hydrogen-bond donors (Lipinski definition) is 2. The van der Waals surface area contributed by atoms with Crippen LogP contribution in [0.25, 0.3) is 0 Å². The smallest absolute Gasteiger partial charge is 0.261 e. The first-order valence-electron chi connectivity index (χ1n) is 9.16. The fourth-order valence-corrected chi connectivity index (χ4v) is 9.60. The van der Waals surface area contributed by atoms with Gasteiger partial charge in [0, 0.05) is 24.7 Å². The van der Waals surface area contributed by atoms with Gasteiger partial charge in [-0.15, -0.1) is 0 Å². The summed E-state index contributed by atoms with van der Waals surface area (Å²) in [5.41, 5.74) is 0. The van der Waals surface area contributed by atoms with Crippen molar-refractivity contribution in [1.29, 1.82) is 0 Å². The van der Waals surface area contributed by atoms with Crippen molar-refractivity contribution >= 4 is 45.0 Å². The van der Waals surface area contributed by atoms with Crippen LogP contribution in [0.4, 0.5) is 0 Å². The SMILES string of the molecule is O=C1C=C[C@@H](O)[C@H]2[C@@H]1C[C@@]13SS[C@]4(C[C@H]5C(=O)C=C[C@H](O)[C@@H]5N4C1=O)C(=O)N23. The number of amides is 2. The highest BCUT2D eigenvalue weighted by Gasteiger charge is 2.79. The number of carbonyl (C=O) groups is 4. The Kier molecular flexibility index (Phi) is 3.14. The van der Waals surface area contributed by atoms with Crippen molar-refractivity contribution in [2.75, 3.05) is 0 Å². The number of aliphatic hydroxyl groups excluding tert-OH is 2. The Balaban J connectivity index is 1.52. The first-order chi connectivity index (χ1) is 13.3. The molecule has 146 valence electrons. The first kappa shape index (κ1) is 17.3. The maximum Gasteiger partial charge on any atom is 0.261 e. The van der Waals surface area contributed by atoms with Gasteiger partial charge in [-0.2, -0.15) is 0 Å². The lowest BCUT2D eigenvalue weighted by Crippen LogP contribution is -2.77. The second kappa shape index (κ2) is 5.10. The van der Waals surface area contributed by atoms with Gasteiger partial charge in [-0.25, -0.2) is 0 Å². The van der Waals surface area contributed by atoms with Crippen LogP contribution in [-0.4, -0.2) is 77.4 Å². The molecule has 2 N–H and O–H groups in total. The van der Waals surface area contributed by atoms with Gasteiger partial charge in [-0.3, -0.25) is 19.2 Å². The van der Waals surface area contributed by atoms with Gasteiger partial charge in [0.25, 0.3) is 11.8 Å². The summed E-state index contributed by atoms with van der Waals surface area (Å²) >= 11 is 0. The molecule has 0 radical (unpaired) electrons. The Morgan fingerprint density at radius 3 is 1.57 bits per heavy atom. The molecule has 5 heterocycles. The molecule has 10 heteroatoms. The fourth-order valence-electron chi connectivity index (χ4n) is 5.77. The molecule has 2 amide bonds. The van der Waals surface area contributed by atoms with E-state index in [-0.39, 0.29) is 36.2 Å². The molecular weight excluding hydrogens is 404 g/mol. The highest BCUT2D eigenvalue weighted by atomic mass is 33.1. The molecule has 0 aromatic carbocycles. The summed E-state index contributed by atoms with van der Waals surface area (Å²) in [5.74, 6) is -2.35. The minimum atomic E-state index is -1.29. The van der Waals surface area contributed by atoms with Crippen LogP contribution < -0.4 is 0 Å². The molecule has 7 aliphatic rings. The van der Waals surface area contributed by atoms with E-state index in [1.807, 2.05) is 0 Å². The molecule has 2 bridgehead atoms. The lowest BCUT2D eigenvalue weighted by Gasteiger charge is -2.58. The third-order valence-corrected chi connectivity index (χ3v) is 10.6. The van der Waals surface area contributed by atoms with Crippen molar-refractivity contribution in [3.63, 3.8) is 0 Å². The molecule has 28 heavy (non-hydrogen) atoms. The summed E-state index contributed by atoms with van der Waals surface area (Å²) in [5, 5.41) is 21.0. The van der Waals surface area contributed by atoms with Gasteiger partial charge in [0.1, 0.15) is 0 Å². The first-order valence-corrected chi connectivity index (χ1v) is 11.3. The predicted molar refractivity (Wildman–Crippen MR) is 98.4 cm³/mol. The molecule has 8 nitrogen and oxygen atoms in total. The zero-order chi connectivity index (χ0) is 19.6. The van der Waals surface area contributed by atoms with E-state index in [1.54, 1.807) is 0 Å². The summed E-state index contributed by atoms with van der Waals surface area (Å²) in [7, 11) is 2.51. The average Bonchev–Trinajstić information content (AvgIpc) is 3.22. The molecule has 8 atom stereocenters. The minimum Gasteiger partial charge on any atom is -0.387 e. The molecule has 2 spiro atoms. The van der Waals surface area contributed by atoms with Gasteiger partial charge in [-0.1, -0.05) is 33.7 Å². The van der Waals surface area contributed by atoms with Crippen molar-refractivity contribution in [3.8, 4) is 0 Å². The number of aliphatic hydroxyl groups is 2. The predicted octanol–water partition coefficient (Wildman–Crippen LogP) is -0.779. The van der Waals surface area contributed by atoms with Crippen LogP contribution in [0.15, 0.2) is 24.3 Å². The Morgan fingerprint density at radius 2 is 1.18 bits per heavy atom. The van der Waals surface area contributed by atoms with E-state index < -0.39 is 45.9 Å². The van der Waals surface area contributed by atoms with Crippen molar-refractivity contribution in [2.24, 2.45) is 11.8 Å². The molecule has 7 rings (SSSR count). The lowest BCUT2D eigenvalue weighted by molar-refractivity contribution is -0.169. The summed E-state index contributed by atoms with van der Waals surface area (Å²) in [6.07, 6.45) is 3.61. The molecule has 0 aromatic heterocycles. The van der Waals surface area contributed by atoms with Gasteiger partial charge < -0.3 is 20.0 Å². The van der Waals surface area contributed by atoms with Crippen LogP contribution in [0.3, 0.4) is 0 Å². The van der Waals surface area contributed by atoms with Gasteiger partial charge in [-0.05, 0) is 12.2 Å². The highest BCUT2D eigenvalue weighted by Crippen LogP contribution is 2.69. The Bertz CT molecular complexity index is 861. The van der Waals surface area contributed by atoms with E-state index in [2.05, 4.69) is 0 Å². The van der Waals surface area contributed by atoms with Crippen LogP contribution in [0.2, 0.25) is 0 Å². The van der Waals surface area contributed by atoms with Crippen molar-refractivity contribution < 1.29 is 29.4 Å². The molecular formula is C18H16N2O6S2. The zero-order valence-electron chi connectivity index (χ0n) is 14.4. The second-order valence-corrected chi connectivity index (χ2v) is 10.9. The van der Waals surface area contributed by atoms with E-state index in [4.69, 9.17) is 0 Å². The summed E-state index contributed by atoms with van der Waals surface area (Å²) < 4.78 is 0. The third-order valence-electron chi connectivity index (χ3n) is 6.96. The monoisotopic (exact) mass is 420 g/mol. The normalized spacial score (nSPS) is 50.8. The minimum absolute atomic E-state index is 0.129. The highest BCUT2D eigenvalue weighted by molar-refractivity contribution is 8.78. The van der Waals surface area contributed by atoms with Crippen LogP contribution >= 0.6 is 21.6 Å². The number of carbonyl (C=O) groups excluding carboxylic acids is 4. The van der Waals surface area contributed by atoms with Gasteiger partial charge in [0.2, 0.25) is 0 Å². The van der Waals surface area contributed by atoms with Crippen molar-refractivity contribution in [2.45, 2.75) is 46.9 Å². The molecule has 0 saturated carbocycles. The number of piperazine rings is 1. The Labute approximate surface area is 167 Å². The van der Waals surface area contributed by atoms with Crippen LogP contribution in [0.5, 0.6) is 0 Å². The maximum absolute atomic E-state index is 13.7. The van der Waals surface area contributed by atoms with E-state index in [1.165, 1.54) is 55.7 Å². The van der Waals surface area contributed by atoms with E-state index in [0.717, 1.165) is 0 Å². The number of allylic oxidation sites excluding steroid dienone is 2. The molecule has 5 fully saturated rings. The fraction of sp³-hybridized carbons (Fsp3) is 0.556. The number of fused-ring (bicyclic) bond motifs is 3. The van der Waals surface area contributed by atoms with E-state index in [0.29, 0.717) is 0 Å². The van der Waals surface area contributed by atoms with Crippen LogP contribution in [0.1, 0.15) is 12.8 Å². The van der Waals surface area contributed by atoms with Gasteiger partial charge >= 0.3 is 0 Å². The average molecular weight is 420 g/mol. The Hall–Kier alpha value is -1.62. The number of rotatable bonds is 0. The second-order valence-electron chi connectivity index (χ2n) is 8.19. The number of ketones is 2. The van der Waals surface area contributed by atoms with E-state index >= 15 is 0 Å². The summed E-state index contributed by atoms with van der Waals surface area (Å²) in [4.78, 5) is 52.6. The van der Waals surface area contributed by atoms with Gasteiger partial charge in [0.05, 0.1) is 24.3 Å². The maximum atomic E-state index is 13.7. The lowest BCUT2D eigenvalue weighted by atomic mass is 9.85.